The summed E-state index contributed by atoms with van der Waals surface area (Å²) in [6, 6.07) is 4.02. The van der Waals surface area contributed by atoms with Gasteiger partial charge in [0.1, 0.15) is 11.5 Å². The van der Waals surface area contributed by atoms with Crippen molar-refractivity contribution in [1.29, 1.82) is 0 Å². The number of aromatic nitrogens is 2. The summed E-state index contributed by atoms with van der Waals surface area (Å²) < 4.78 is 0. The van der Waals surface area contributed by atoms with Gasteiger partial charge >= 0.3 is 0 Å². The number of hydrazine groups is 1. The van der Waals surface area contributed by atoms with E-state index < -0.39 is 0 Å². The van der Waals surface area contributed by atoms with Crippen molar-refractivity contribution >= 4 is 16.9 Å². The van der Waals surface area contributed by atoms with Crippen LogP contribution in [0.5, 0.6) is 0 Å². The van der Waals surface area contributed by atoms with Crippen molar-refractivity contribution in [2.45, 2.75) is 26.8 Å². The zero-order valence-corrected chi connectivity index (χ0v) is 12.9. The molecule has 2 heterocycles. The predicted octanol–water partition coefficient (Wildman–Crippen LogP) is 1.41. The largest absolute Gasteiger partial charge is 0.383 e. The SMILES string of the molecule is CCNNCC(C)C(C)/N=C(\N)c1ccnc2[nH]ccc12. The summed E-state index contributed by atoms with van der Waals surface area (Å²) in [5, 5.41) is 1.00. The van der Waals surface area contributed by atoms with Crippen LogP contribution >= 0.6 is 0 Å². The second-order valence-electron chi connectivity index (χ2n) is 5.24. The summed E-state index contributed by atoms with van der Waals surface area (Å²) in [6.45, 7) is 8.05. The molecule has 0 amide bonds. The number of nitrogens with two attached hydrogens (primary N) is 1. The minimum Gasteiger partial charge on any atom is -0.383 e. The van der Waals surface area contributed by atoms with Crippen LogP contribution in [0.3, 0.4) is 0 Å². The van der Waals surface area contributed by atoms with Gasteiger partial charge in [-0.25, -0.2) is 4.98 Å². The number of hydrogen-bond donors (Lipinski definition) is 4. The maximum absolute atomic E-state index is 6.19. The summed E-state index contributed by atoms with van der Waals surface area (Å²) in [7, 11) is 0. The lowest BCUT2D eigenvalue weighted by atomic mass is 10.0. The molecular formula is C15H24N6. The van der Waals surface area contributed by atoms with E-state index in [2.05, 4.69) is 46.6 Å². The summed E-state index contributed by atoms with van der Waals surface area (Å²) in [4.78, 5) is 12.0. The van der Waals surface area contributed by atoms with Crippen LogP contribution in [0, 0.1) is 5.92 Å². The molecular weight excluding hydrogens is 264 g/mol. The Balaban J connectivity index is 2.11. The molecule has 0 aliphatic rings. The molecule has 0 spiro atoms. The molecule has 0 bridgehead atoms. The highest BCUT2D eigenvalue weighted by molar-refractivity contribution is 6.07. The van der Waals surface area contributed by atoms with Crippen molar-refractivity contribution in [2.75, 3.05) is 13.1 Å². The average Bonchev–Trinajstić information content (AvgIpc) is 2.95. The number of nitrogens with zero attached hydrogens (tertiary/aromatic N) is 2. The van der Waals surface area contributed by atoms with Crippen molar-refractivity contribution < 1.29 is 0 Å². The fourth-order valence-corrected chi connectivity index (χ4v) is 2.13. The molecule has 2 atom stereocenters. The number of fused-ring (bicyclic) bond motifs is 1. The van der Waals surface area contributed by atoms with Crippen molar-refractivity contribution in [1.82, 2.24) is 20.8 Å². The van der Waals surface area contributed by atoms with Crippen LogP contribution in [0.15, 0.2) is 29.5 Å². The van der Waals surface area contributed by atoms with Gasteiger partial charge in [0.2, 0.25) is 0 Å². The molecule has 0 fully saturated rings. The molecule has 2 unspecified atom stereocenters. The molecule has 0 saturated carbocycles. The van der Waals surface area contributed by atoms with Crippen molar-refractivity contribution in [3.63, 3.8) is 0 Å². The first-order valence-electron chi connectivity index (χ1n) is 7.35. The monoisotopic (exact) mass is 288 g/mol. The van der Waals surface area contributed by atoms with Gasteiger partial charge in [-0.3, -0.25) is 15.8 Å². The van der Waals surface area contributed by atoms with Crippen LogP contribution in [0.1, 0.15) is 26.3 Å². The highest BCUT2D eigenvalue weighted by Crippen LogP contribution is 2.16. The second kappa shape index (κ2) is 7.19. The molecule has 0 aliphatic carbocycles. The molecule has 2 aromatic rings. The molecule has 0 aliphatic heterocycles. The number of amidine groups is 1. The number of H-pyrrole nitrogens is 1. The number of aromatic amines is 1. The lowest BCUT2D eigenvalue weighted by molar-refractivity contribution is 0.413. The van der Waals surface area contributed by atoms with Crippen LogP contribution in [0.4, 0.5) is 0 Å². The molecule has 5 N–H and O–H groups in total. The lowest BCUT2D eigenvalue weighted by Gasteiger charge is -2.18. The van der Waals surface area contributed by atoms with Crippen LogP contribution in [-0.4, -0.2) is 34.9 Å². The van der Waals surface area contributed by atoms with E-state index in [1.165, 1.54) is 0 Å². The maximum atomic E-state index is 6.19. The molecule has 2 rings (SSSR count). The Morgan fingerprint density at radius 3 is 2.95 bits per heavy atom. The third-order valence-electron chi connectivity index (χ3n) is 3.63. The van der Waals surface area contributed by atoms with Gasteiger partial charge in [-0.2, -0.15) is 0 Å². The summed E-state index contributed by atoms with van der Waals surface area (Å²) in [6.07, 6.45) is 3.61. The zero-order chi connectivity index (χ0) is 15.2. The Morgan fingerprint density at radius 1 is 1.38 bits per heavy atom. The summed E-state index contributed by atoms with van der Waals surface area (Å²) >= 11 is 0. The highest BCUT2D eigenvalue weighted by atomic mass is 15.3. The Kier molecular flexibility index (Phi) is 5.30. The van der Waals surface area contributed by atoms with E-state index >= 15 is 0 Å². The summed E-state index contributed by atoms with van der Waals surface area (Å²) in [5.41, 5.74) is 14.2. The fraction of sp³-hybridized carbons (Fsp3) is 0.467. The third kappa shape index (κ3) is 3.80. The minimum absolute atomic E-state index is 0.137. The third-order valence-corrected chi connectivity index (χ3v) is 3.63. The minimum atomic E-state index is 0.137. The normalized spacial score (nSPS) is 15.3. The van der Waals surface area contributed by atoms with Crippen LogP contribution in [0.2, 0.25) is 0 Å². The summed E-state index contributed by atoms with van der Waals surface area (Å²) in [5.74, 6) is 0.941. The quantitative estimate of drug-likeness (QED) is 0.268. The average molecular weight is 288 g/mol. The van der Waals surface area contributed by atoms with Gasteiger partial charge in [-0.1, -0.05) is 13.8 Å². The molecule has 21 heavy (non-hydrogen) atoms. The Morgan fingerprint density at radius 2 is 2.19 bits per heavy atom. The first-order valence-corrected chi connectivity index (χ1v) is 7.35. The van der Waals surface area contributed by atoms with Crippen molar-refractivity contribution in [2.24, 2.45) is 16.6 Å². The van der Waals surface area contributed by atoms with E-state index in [1.807, 2.05) is 18.3 Å². The number of nitrogens with one attached hydrogen (secondary N) is 3. The number of rotatable bonds is 7. The van der Waals surface area contributed by atoms with E-state index in [4.69, 9.17) is 5.73 Å². The maximum Gasteiger partial charge on any atom is 0.137 e. The van der Waals surface area contributed by atoms with Crippen molar-refractivity contribution in [3.05, 3.63) is 30.1 Å². The predicted molar refractivity (Wildman–Crippen MR) is 87.1 cm³/mol. The Hall–Kier alpha value is -1.92. The number of aliphatic imine (C=N–C) groups is 1. The number of hydrogen-bond acceptors (Lipinski definition) is 4. The smallest absolute Gasteiger partial charge is 0.137 e. The molecule has 6 heteroatoms. The van der Waals surface area contributed by atoms with E-state index in [0.29, 0.717) is 11.8 Å². The molecule has 0 aromatic carbocycles. The standard InChI is InChI=1S/C15H24N6/c1-4-19-20-9-10(2)11(3)21-14(16)12-5-7-17-15-13(12)6-8-18-15/h5-8,10-11,19-20H,4,9H2,1-3H3,(H2,16,21)(H,17,18). The van der Waals surface area contributed by atoms with Gasteiger partial charge in [-0.15, -0.1) is 0 Å². The van der Waals surface area contributed by atoms with Crippen LogP contribution < -0.4 is 16.6 Å². The van der Waals surface area contributed by atoms with E-state index in [1.54, 1.807) is 6.20 Å². The van der Waals surface area contributed by atoms with Crippen molar-refractivity contribution in [3.8, 4) is 0 Å². The van der Waals surface area contributed by atoms with E-state index in [0.717, 1.165) is 29.7 Å². The molecule has 2 aromatic heterocycles. The second-order valence-corrected chi connectivity index (χ2v) is 5.24. The van der Waals surface area contributed by atoms with E-state index in [9.17, 15) is 0 Å². The molecule has 6 nitrogen and oxygen atoms in total. The van der Waals surface area contributed by atoms with Gasteiger partial charge in [-0.05, 0) is 25.0 Å². The van der Waals surface area contributed by atoms with Gasteiger partial charge in [0.05, 0.1) is 6.04 Å². The highest BCUT2D eigenvalue weighted by Gasteiger charge is 2.13. The Bertz CT molecular complexity index is 603. The Labute approximate surface area is 125 Å². The first kappa shape index (κ1) is 15.5. The van der Waals surface area contributed by atoms with Crippen LogP contribution in [0.25, 0.3) is 11.0 Å². The lowest BCUT2D eigenvalue weighted by Crippen LogP contribution is -2.37. The fourth-order valence-electron chi connectivity index (χ4n) is 2.13. The molecule has 114 valence electrons. The zero-order valence-electron chi connectivity index (χ0n) is 12.9. The molecule has 0 saturated heterocycles. The topological polar surface area (TPSA) is 91.1 Å². The number of pyridine rings is 1. The van der Waals surface area contributed by atoms with Gasteiger partial charge in [0, 0.05) is 36.4 Å². The molecule has 0 radical (unpaired) electrons. The van der Waals surface area contributed by atoms with E-state index in [-0.39, 0.29) is 6.04 Å². The van der Waals surface area contributed by atoms with Crippen LogP contribution in [-0.2, 0) is 0 Å². The van der Waals surface area contributed by atoms with Gasteiger partial charge in [0.15, 0.2) is 0 Å². The van der Waals surface area contributed by atoms with Gasteiger partial charge in [0.25, 0.3) is 0 Å². The van der Waals surface area contributed by atoms with Gasteiger partial charge < -0.3 is 10.7 Å². The first-order chi connectivity index (χ1) is 10.1.